The summed E-state index contributed by atoms with van der Waals surface area (Å²) >= 11 is 1.15. The Bertz CT molecular complexity index is 615. The number of aryl methyl sites for hydroxylation is 1. The topological polar surface area (TPSA) is 72.2 Å². The summed E-state index contributed by atoms with van der Waals surface area (Å²) < 4.78 is 1.31. The molecule has 0 bridgehead atoms. The lowest BCUT2D eigenvalue weighted by Gasteiger charge is -2.01. The highest BCUT2D eigenvalue weighted by Gasteiger charge is 2.08. The monoisotopic (exact) mass is 250 g/mol. The maximum atomic E-state index is 11.6. The van der Waals surface area contributed by atoms with Gasteiger partial charge in [-0.2, -0.15) is 5.10 Å². The van der Waals surface area contributed by atoms with E-state index in [4.69, 9.17) is 5.11 Å². The summed E-state index contributed by atoms with van der Waals surface area (Å²) in [6, 6.07) is 4.72. The summed E-state index contributed by atoms with van der Waals surface area (Å²) in [5.41, 5.74) is 0.624. The molecule has 0 aliphatic heterocycles. The van der Waals surface area contributed by atoms with Gasteiger partial charge >= 0.3 is 5.97 Å². The minimum atomic E-state index is -0.953. The van der Waals surface area contributed by atoms with Crippen molar-refractivity contribution in [3.8, 4) is 0 Å². The Morgan fingerprint density at radius 3 is 2.88 bits per heavy atom. The van der Waals surface area contributed by atoms with E-state index in [9.17, 15) is 9.59 Å². The van der Waals surface area contributed by atoms with E-state index in [1.54, 1.807) is 19.2 Å². The molecule has 17 heavy (non-hydrogen) atoms. The standard InChI is InChI=1S/C11H10N2O3S/c1-7-4-10(14)13(12-5-7)6-8-2-3-9(17-8)11(15)16/h2-5H,6H2,1H3,(H,15,16). The molecule has 5 nitrogen and oxygen atoms in total. The number of aromatic carboxylic acids is 1. The van der Waals surface area contributed by atoms with E-state index >= 15 is 0 Å². The summed E-state index contributed by atoms with van der Waals surface area (Å²) in [7, 11) is 0. The number of nitrogens with zero attached hydrogens (tertiary/aromatic N) is 2. The van der Waals surface area contributed by atoms with Crippen LogP contribution >= 0.6 is 11.3 Å². The van der Waals surface area contributed by atoms with Crippen molar-refractivity contribution in [3.63, 3.8) is 0 Å². The summed E-state index contributed by atoms with van der Waals surface area (Å²) in [5.74, 6) is -0.953. The molecule has 0 aromatic carbocycles. The molecule has 6 heteroatoms. The Balaban J connectivity index is 2.25. The van der Waals surface area contributed by atoms with Crippen molar-refractivity contribution in [2.24, 2.45) is 0 Å². The molecule has 0 aliphatic carbocycles. The van der Waals surface area contributed by atoms with Crippen LogP contribution in [0.3, 0.4) is 0 Å². The lowest BCUT2D eigenvalue weighted by atomic mass is 10.3. The third-order valence-electron chi connectivity index (χ3n) is 2.18. The van der Waals surface area contributed by atoms with Gasteiger partial charge in [0.1, 0.15) is 4.88 Å². The van der Waals surface area contributed by atoms with Gasteiger partial charge in [0.05, 0.1) is 12.7 Å². The average molecular weight is 250 g/mol. The van der Waals surface area contributed by atoms with E-state index in [0.717, 1.165) is 21.8 Å². The van der Waals surface area contributed by atoms with Crippen LogP contribution in [-0.4, -0.2) is 20.9 Å². The number of hydrogen-bond acceptors (Lipinski definition) is 4. The summed E-state index contributed by atoms with van der Waals surface area (Å²) in [5, 5.41) is 12.8. The normalized spacial score (nSPS) is 10.4. The van der Waals surface area contributed by atoms with Crippen LogP contribution in [0.4, 0.5) is 0 Å². The van der Waals surface area contributed by atoms with Crippen molar-refractivity contribution in [1.29, 1.82) is 0 Å². The first kappa shape index (κ1) is 11.5. The molecule has 2 aromatic heterocycles. The minimum Gasteiger partial charge on any atom is -0.477 e. The number of hydrogen-bond donors (Lipinski definition) is 1. The van der Waals surface area contributed by atoms with Gasteiger partial charge in [-0.3, -0.25) is 4.79 Å². The molecule has 88 valence electrons. The molecular weight excluding hydrogens is 240 g/mol. The molecule has 0 unspecified atom stereocenters. The molecule has 0 saturated heterocycles. The molecule has 0 radical (unpaired) electrons. The highest BCUT2D eigenvalue weighted by Crippen LogP contribution is 2.16. The summed E-state index contributed by atoms with van der Waals surface area (Å²) in [6.07, 6.45) is 1.60. The van der Waals surface area contributed by atoms with Crippen LogP contribution in [0.25, 0.3) is 0 Å². The van der Waals surface area contributed by atoms with E-state index in [2.05, 4.69) is 5.10 Å². The Labute approximate surface area is 101 Å². The highest BCUT2D eigenvalue weighted by atomic mass is 32.1. The molecule has 1 N–H and O–H groups in total. The largest absolute Gasteiger partial charge is 0.477 e. The molecule has 2 aromatic rings. The maximum Gasteiger partial charge on any atom is 0.345 e. The van der Waals surface area contributed by atoms with Gasteiger partial charge in [0.15, 0.2) is 0 Å². The number of aromatic nitrogens is 2. The molecule has 0 saturated carbocycles. The fourth-order valence-corrected chi connectivity index (χ4v) is 2.20. The highest BCUT2D eigenvalue weighted by molar-refractivity contribution is 7.13. The van der Waals surface area contributed by atoms with E-state index in [1.165, 1.54) is 16.8 Å². The third kappa shape index (κ3) is 2.59. The van der Waals surface area contributed by atoms with Crippen molar-refractivity contribution < 1.29 is 9.90 Å². The quantitative estimate of drug-likeness (QED) is 0.892. The number of rotatable bonds is 3. The smallest absolute Gasteiger partial charge is 0.345 e. The first-order chi connectivity index (χ1) is 8.06. The molecule has 0 atom stereocenters. The van der Waals surface area contributed by atoms with E-state index < -0.39 is 5.97 Å². The van der Waals surface area contributed by atoms with Crippen molar-refractivity contribution in [2.75, 3.05) is 0 Å². The third-order valence-corrected chi connectivity index (χ3v) is 3.24. The Kier molecular flexibility index (Phi) is 3.06. The van der Waals surface area contributed by atoms with Crippen LogP contribution in [0.2, 0.25) is 0 Å². The van der Waals surface area contributed by atoms with Gasteiger partial charge in [-0.15, -0.1) is 11.3 Å². The fourth-order valence-electron chi connectivity index (χ4n) is 1.37. The zero-order valence-corrected chi connectivity index (χ0v) is 9.90. The first-order valence-electron chi connectivity index (χ1n) is 4.92. The van der Waals surface area contributed by atoms with Crippen LogP contribution in [0.5, 0.6) is 0 Å². The van der Waals surface area contributed by atoms with Crippen molar-refractivity contribution in [2.45, 2.75) is 13.5 Å². The number of thiophene rings is 1. The molecule has 0 fully saturated rings. The van der Waals surface area contributed by atoms with Gasteiger partial charge in [-0.25, -0.2) is 9.48 Å². The maximum absolute atomic E-state index is 11.6. The van der Waals surface area contributed by atoms with E-state index in [-0.39, 0.29) is 10.4 Å². The van der Waals surface area contributed by atoms with Crippen molar-refractivity contribution in [3.05, 3.63) is 50.1 Å². The van der Waals surface area contributed by atoms with Crippen LogP contribution in [0.15, 0.2) is 29.2 Å². The minimum absolute atomic E-state index is 0.185. The van der Waals surface area contributed by atoms with Crippen molar-refractivity contribution >= 4 is 17.3 Å². The Morgan fingerprint density at radius 1 is 1.53 bits per heavy atom. The van der Waals surface area contributed by atoms with Crippen LogP contribution in [-0.2, 0) is 6.54 Å². The first-order valence-corrected chi connectivity index (χ1v) is 5.73. The van der Waals surface area contributed by atoms with E-state index in [0.29, 0.717) is 6.54 Å². The predicted molar refractivity (Wildman–Crippen MR) is 63.6 cm³/mol. The Morgan fingerprint density at radius 2 is 2.29 bits per heavy atom. The van der Waals surface area contributed by atoms with E-state index in [1.807, 2.05) is 0 Å². The molecule has 2 heterocycles. The molecular formula is C11H10N2O3S. The second kappa shape index (κ2) is 4.50. The summed E-state index contributed by atoms with van der Waals surface area (Å²) in [6.45, 7) is 2.10. The lowest BCUT2D eigenvalue weighted by Crippen LogP contribution is -2.22. The predicted octanol–water partition coefficient (Wildman–Crippen LogP) is 1.36. The second-order valence-electron chi connectivity index (χ2n) is 3.60. The fraction of sp³-hybridized carbons (Fsp3) is 0.182. The van der Waals surface area contributed by atoms with Gasteiger partial charge in [0.2, 0.25) is 0 Å². The zero-order chi connectivity index (χ0) is 12.4. The van der Waals surface area contributed by atoms with Crippen LogP contribution < -0.4 is 5.56 Å². The molecule has 0 spiro atoms. The average Bonchev–Trinajstić information content (AvgIpc) is 2.71. The number of carbonyl (C=O) groups is 1. The molecule has 0 aliphatic rings. The molecule has 0 amide bonds. The van der Waals surface area contributed by atoms with Crippen molar-refractivity contribution in [1.82, 2.24) is 9.78 Å². The second-order valence-corrected chi connectivity index (χ2v) is 4.77. The van der Waals surface area contributed by atoms with Gasteiger partial charge in [0, 0.05) is 10.9 Å². The van der Waals surface area contributed by atoms with Gasteiger partial charge in [0.25, 0.3) is 5.56 Å². The zero-order valence-electron chi connectivity index (χ0n) is 9.08. The SMILES string of the molecule is Cc1cnn(Cc2ccc(C(=O)O)s2)c(=O)c1. The van der Waals surface area contributed by atoms with Gasteiger partial charge in [-0.1, -0.05) is 0 Å². The van der Waals surface area contributed by atoms with Gasteiger partial charge < -0.3 is 5.11 Å². The Hall–Kier alpha value is -1.95. The number of carboxylic acids is 1. The lowest BCUT2D eigenvalue weighted by molar-refractivity contribution is 0.0702. The molecule has 2 rings (SSSR count). The summed E-state index contributed by atoms with van der Waals surface area (Å²) in [4.78, 5) is 23.3. The van der Waals surface area contributed by atoms with Crippen LogP contribution in [0.1, 0.15) is 20.1 Å². The van der Waals surface area contributed by atoms with Gasteiger partial charge in [-0.05, 0) is 24.6 Å². The van der Waals surface area contributed by atoms with Crippen LogP contribution in [0, 0.1) is 6.92 Å². The number of carboxylic acid groups (broad SMARTS) is 1.